The normalized spacial score (nSPS) is 16.7. The molecule has 3 heterocycles. The number of nitrogens with zero attached hydrogens (tertiary/aromatic N) is 3. The molecule has 2 aliphatic rings. The Labute approximate surface area is 163 Å². The van der Waals surface area contributed by atoms with Crippen molar-refractivity contribution in [1.82, 2.24) is 14.9 Å². The van der Waals surface area contributed by atoms with Gasteiger partial charge in [-0.3, -0.25) is 19.5 Å². The van der Waals surface area contributed by atoms with E-state index in [1.807, 2.05) is 17.0 Å². The molecule has 0 unspecified atom stereocenters. The molecule has 8 heteroatoms. The first-order valence-corrected chi connectivity index (χ1v) is 9.66. The van der Waals surface area contributed by atoms with Crippen molar-refractivity contribution in [2.24, 2.45) is 0 Å². The van der Waals surface area contributed by atoms with E-state index in [9.17, 15) is 9.59 Å². The lowest BCUT2D eigenvalue weighted by Gasteiger charge is -2.28. The summed E-state index contributed by atoms with van der Waals surface area (Å²) in [6, 6.07) is 7.30. The fraction of sp³-hybridized carbons (Fsp3) is 0.450. The number of aromatic nitrogens is 2. The first kappa shape index (κ1) is 18.5. The quantitative estimate of drug-likeness (QED) is 0.811. The number of carbonyl (C=O) groups is 1. The summed E-state index contributed by atoms with van der Waals surface area (Å²) < 4.78 is 5.27. The molecular formula is C20H25N5O3. The van der Waals surface area contributed by atoms with Crippen LogP contribution in [0.1, 0.15) is 24.1 Å². The number of ether oxygens (including phenoxy) is 1. The van der Waals surface area contributed by atoms with Gasteiger partial charge in [0.05, 0.1) is 30.6 Å². The maximum Gasteiger partial charge on any atom is 0.257 e. The number of H-pyrrole nitrogens is 1. The van der Waals surface area contributed by atoms with Crippen molar-refractivity contribution in [3.63, 3.8) is 0 Å². The maximum atomic E-state index is 12.6. The van der Waals surface area contributed by atoms with Crippen molar-refractivity contribution >= 4 is 17.5 Å². The molecule has 1 amide bonds. The van der Waals surface area contributed by atoms with Crippen LogP contribution in [0.5, 0.6) is 5.75 Å². The van der Waals surface area contributed by atoms with Gasteiger partial charge in [0, 0.05) is 32.6 Å². The lowest BCUT2D eigenvalue weighted by Crippen LogP contribution is -2.40. The molecule has 0 spiro atoms. The summed E-state index contributed by atoms with van der Waals surface area (Å²) in [6.45, 7) is 3.22. The number of hydrogen-bond donors (Lipinski definition) is 2. The van der Waals surface area contributed by atoms with Crippen LogP contribution in [0.4, 0.5) is 11.6 Å². The van der Waals surface area contributed by atoms with E-state index in [1.165, 1.54) is 0 Å². The van der Waals surface area contributed by atoms with E-state index in [4.69, 9.17) is 4.74 Å². The zero-order chi connectivity index (χ0) is 19.5. The lowest BCUT2D eigenvalue weighted by atomic mass is 10.1. The van der Waals surface area contributed by atoms with Crippen LogP contribution in [-0.2, 0) is 17.8 Å². The number of amides is 1. The molecule has 2 aliphatic heterocycles. The number of rotatable bonds is 5. The minimum atomic E-state index is -0.133. The number of benzene rings is 1. The van der Waals surface area contributed by atoms with E-state index in [0.29, 0.717) is 42.5 Å². The summed E-state index contributed by atoms with van der Waals surface area (Å²) in [6.07, 6.45) is 2.94. The highest BCUT2D eigenvalue weighted by atomic mass is 16.5. The van der Waals surface area contributed by atoms with Gasteiger partial charge in [-0.15, -0.1) is 0 Å². The second-order valence-corrected chi connectivity index (χ2v) is 7.22. The standard InChI is InChI=1S/C20H25N5O3/c1-28-17-7-3-2-6-16(17)21-18(26)13-24-11-8-15-14(12-24)19(27)23-20(22-15)25-9-4-5-10-25/h2-3,6-7H,4-5,8-13H2,1H3,(H,21,26)(H,22,23,27). The average molecular weight is 383 g/mol. The monoisotopic (exact) mass is 383 g/mol. The van der Waals surface area contributed by atoms with E-state index in [1.54, 1.807) is 19.2 Å². The van der Waals surface area contributed by atoms with E-state index >= 15 is 0 Å². The van der Waals surface area contributed by atoms with Crippen molar-refractivity contribution in [3.05, 3.63) is 45.9 Å². The Morgan fingerprint density at radius 1 is 1.25 bits per heavy atom. The van der Waals surface area contributed by atoms with Crippen molar-refractivity contribution in [2.45, 2.75) is 25.8 Å². The van der Waals surface area contributed by atoms with Crippen LogP contribution in [0.2, 0.25) is 0 Å². The van der Waals surface area contributed by atoms with Crippen molar-refractivity contribution in [1.29, 1.82) is 0 Å². The number of fused-ring (bicyclic) bond motifs is 1. The Kier molecular flexibility index (Phi) is 5.29. The third-order valence-electron chi connectivity index (χ3n) is 5.29. The summed E-state index contributed by atoms with van der Waals surface area (Å²) in [7, 11) is 1.57. The van der Waals surface area contributed by atoms with Crippen molar-refractivity contribution < 1.29 is 9.53 Å². The number of carbonyl (C=O) groups excluding carboxylic acids is 1. The average Bonchev–Trinajstić information content (AvgIpc) is 3.23. The molecule has 0 saturated carbocycles. The van der Waals surface area contributed by atoms with Gasteiger partial charge < -0.3 is 15.0 Å². The SMILES string of the molecule is COc1ccccc1NC(=O)CN1CCc2nc(N3CCCC3)[nH]c(=O)c2C1. The first-order valence-electron chi connectivity index (χ1n) is 9.66. The van der Waals surface area contributed by atoms with Gasteiger partial charge in [0.15, 0.2) is 0 Å². The fourth-order valence-electron chi connectivity index (χ4n) is 3.82. The minimum Gasteiger partial charge on any atom is -0.495 e. The molecule has 0 radical (unpaired) electrons. The van der Waals surface area contributed by atoms with Crippen LogP contribution < -0.4 is 20.5 Å². The molecule has 2 N–H and O–H groups in total. The maximum absolute atomic E-state index is 12.6. The van der Waals surface area contributed by atoms with E-state index in [0.717, 1.165) is 31.6 Å². The molecule has 1 aromatic carbocycles. The van der Waals surface area contributed by atoms with Gasteiger partial charge in [-0.25, -0.2) is 4.98 Å². The predicted octanol–water partition coefficient (Wildman–Crippen LogP) is 1.38. The van der Waals surface area contributed by atoms with Gasteiger partial charge >= 0.3 is 0 Å². The van der Waals surface area contributed by atoms with Crippen LogP contribution in [0.3, 0.4) is 0 Å². The zero-order valence-corrected chi connectivity index (χ0v) is 16.0. The third kappa shape index (κ3) is 3.87. The Balaban J connectivity index is 1.42. The van der Waals surface area contributed by atoms with Gasteiger partial charge in [0.2, 0.25) is 11.9 Å². The van der Waals surface area contributed by atoms with Gasteiger partial charge in [0.1, 0.15) is 5.75 Å². The predicted molar refractivity (Wildman–Crippen MR) is 107 cm³/mol. The van der Waals surface area contributed by atoms with Crippen LogP contribution in [0.25, 0.3) is 0 Å². The Morgan fingerprint density at radius 3 is 2.82 bits per heavy atom. The highest BCUT2D eigenvalue weighted by Crippen LogP contribution is 2.23. The summed E-state index contributed by atoms with van der Waals surface area (Å²) in [5.41, 5.74) is 2.07. The summed E-state index contributed by atoms with van der Waals surface area (Å²) in [4.78, 5) is 36.8. The zero-order valence-electron chi connectivity index (χ0n) is 16.0. The molecule has 8 nitrogen and oxygen atoms in total. The number of para-hydroxylation sites is 2. The molecule has 4 rings (SSSR count). The molecule has 2 aromatic rings. The number of nitrogens with one attached hydrogen (secondary N) is 2. The van der Waals surface area contributed by atoms with Gasteiger partial charge in [0.25, 0.3) is 5.56 Å². The number of anilines is 2. The molecular weight excluding hydrogens is 358 g/mol. The summed E-state index contributed by atoms with van der Waals surface area (Å²) in [5.74, 6) is 1.17. The molecule has 148 valence electrons. The lowest BCUT2D eigenvalue weighted by molar-refractivity contribution is -0.117. The van der Waals surface area contributed by atoms with E-state index in [2.05, 4.69) is 20.2 Å². The van der Waals surface area contributed by atoms with Crippen molar-refractivity contribution in [2.75, 3.05) is 43.5 Å². The smallest absolute Gasteiger partial charge is 0.257 e. The van der Waals surface area contributed by atoms with Gasteiger partial charge in [-0.2, -0.15) is 0 Å². The topological polar surface area (TPSA) is 90.6 Å². The molecule has 0 atom stereocenters. The Hall–Kier alpha value is -2.87. The largest absolute Gasteiger partial charge is 0.495 e. The number of methoxy groups -OCH3 is 1. The van der Waals surface area contributed by atoms with Crippen LogP contribution in [-0.4, -0.2) is 54.1 Å². The number of hydrogen-bond acceptors (Lipinski definition) is 6. The Bertz CT molecular complexity index is 920. The van der Waals surface area contributed by atoms with E-state index in [-0.39, 0.29) is 18.0 Å². The highest BCUT2D eigenvalue weighted by molar-refractivity contribution is 5.93. The number of aromatic amines is 1. The molecule has 1 saturated heterocycles. The summed E-state index contributed by atoms with van der Waals surface area (Å²) >= 11 is 0. The molecule has 0 aliphatic carbocycles. The van der Waals surface area contributed by atoms with E-state index < -0.39 is 0 Å². The molecule has 1 aromatic heterocycles. The van der Waals surface area contributed by atoms with Gasteiger partial charge in [-0.05, 0) is 25.0 Å². The molecule has 0 bridgehead atoms. The second-order valence-electron chi connectivity index (χ2n) is 7.22. The summed E-state index contributed by atoms with van der Waals surface area (Å²) in [5, 5.41) is 2.88. The van der Waals surface area contributed by atoms with Crippen molar-refractivity contribution in [3.8, 4) is 5.75 Å². The van der Waals surface area contributed by atoms with Crippen LogP contribution in [0, 0.1) is 0 Å². The Morgan fingerprint density at radius 2 is 2.04 bits per heavy atom. The molecule has 1 fully saturated rings. The third-order valence-corrected chi connectivity index (χ3v) is 5.29. The minimum absolute atomic E-state index is 0.0956. The first-order chi connectivity index (χ1) is 13.6. The van der Waals surface area contributed by atoms with Gasteiger partial charge in [-0.1, -0.05) is 12.1 Å². The molecule has 28 heavy (non-hydrogen) atoms. The van der Waals surface area contributed by atoms with Crippen LogP contribution >= 0.6 is 0 Å². The fourth-order valence-corrected chi connectivity index (χ4v) is 3.82. The second kappa shape index (κ2) is 8.02. The highest BCUT2D eigenvalue weighted by Gasteiger charge is 2.24. The van der Waals surface area contributed by atoms with Crippen LogP contribution in [0.15, 0.2) is 29.1 Å².